The second-order valence-electron chi connectivity index (χ2n) is 7.94. The van der Waals surface area contributed by atoms with Crippen LogP contribution in [0.2, 0.25) is 0 Å². The van der Waals surface area contributed by atoms with Crippen LogP contribution in [-0.4, -0.2) is 69.9 Å². The molecule has 2 aromatic rings. The van der Waals surface area contributed by atoms with Crippen LogP contribution in [0.3, 0.4) is 0 Å². The van der Waals surface area contributed by atoms with Crippen LogP contribution < -0.4 is 0 Å². The molecule has 0 N–H and O–H groups in total. The highest BCUT2D eigenvalue weighted by atomic mass is 32.2. The fourth-order valence-electron chi connectivity index (χ4n) is 3.70. The number of hydrogen-bond acceptors (Lipinski definition) is 9. The number of benzene rings is 1. The lowest BCUT2D eigenvalue weighted by atomic mass is 10.2. The number of non-ortho nitro benzene ring substituents is 1. The van der Waals surface area contributed by atoms with E-state index < -0.39 is 20.9 Å². The normalized spacial score (nSPS) is 13.9. The zero-order chi connectivity index (χ0) is 24.7. The summed E-state index contributed by atoms with van der Waals surface area (Å²) in [5.74, 6) is -0.442. The highest BCUT2D eigenvalue weighted by Gasteiger charge is 2.28. The topological polar surface area (TPSA) is 157 Å². The molecule has 12 nitrogen and oxygen atoms in total. The lowest BCUT2D eigenvalue weighted by Crippen LogP contribution is -2.40. The minimum absolute atomic E-state index is 0.00624. The number of hydrogen-bond donors (Lipinski definition) is 0. The van der Waals surface area contributed by atoms with Crippen molar-refractivity contribution in [2.24, 2.45) is 0 Å². The molecule has 1 fully saturated rings. The van der Waals surface area contributed by atoms with Crippen LogP contribution in [0.15, 0.2) is 28.8 Å². The molecule has 0 spiro atoms. The molecule has 2 amide bonds. The average Bonchev–Trinajstić information content (AvgIpc) is 3.44. The van der Waals surface area contributed by atoms with E-state index in [0.29, 0.717) is 37.9 Å². The molecule has 1 aliphatic rings. The summed E-state index contributed by atoms with van der Waals surface area (Å²) < 4.78 is 31.4. The zero-order valence-corrected chi connectivity index (χ0v) is 19.7. The van der Waals surface area contributed by atoms with Crippen LogP contribution in [0, 0.1) is 10.1 Å². The monoisotopic (exact) mass is 493 g/mol. The fourth-order valence-corrected chi connectivity index (χ4v) is 5.25. The SMILES string of the molecule is CCCS(=O)(=O)N(CCCN1CCCC1=O)C(=O)CCc1nc(-c2cccc([N+](=O)[O-])c2)no1. The van der Waals surface area contributed by atoms with Crippen LogP contribution in [0.5, 0.6) is 0 Å². The number of nitro groups is 1. The Morgan fingerprint density at radius 1 is 1.35 bits per heavy atom. The van der Waals surface area contributed by atoms with Crippen LogP contribution in [0.25, 0.3) is 11.4 Å². The Morgan fingerprint density at radius 3 is 2.82 bits per heavy atom. The first kappa shape index (κ1) is 25.3. The van der Waals surface area contributed by atoms with Crippen LogP contribution >= 0.6 is 0 Å². The Hall–Kier alpha value is -3.35. The number of carbonyl (C=O) groups excluding carboxylic acids is 2. The van der Waals surface area contributed by atoms with Gasteiger partial charge in [0.05, 0.1) is 10.7 Å². The molecule has 0 aliphatic carbocycles. The average molecular weight is 494 g/mol. The molecule has 0 unspecified atom stereocenters. The van der Waals surface area contributed by atoms with E-state index in [0.717, 1.165) is 10.7 Å². The van der Waals surface area contributed by atoms with Gasteiger partial charge in [-0.25, -0.2) is 12.7 Å². The smallest absolute Gasteiger partial charge is 0.270 e. The largest absolute Gasteiger partial charge is 0.343 e. The van der Waals surface area contributed by atoms with Crippen molar-refractivity contribution in [3.05, 3.63) is 40.3 Å². The zero-order valence-electron chi connectivity index (χ0n) is 18.9. The van der Waals surface area contributed by atoms with E-state index >= 15 is 0 Å². The number of aryl methyl sites for hydroxylation is 1. The third kappa shape index (κ3) is 6.37. The van der Waals surface area contributed by atoms with E-state index in [1.54, 1.807) is 17.9 Å². The van der Waals surface area contributed by atoms with Gasteiger partial charge < -0.3 is 9.42 Å². The molecule has 13 heteroatoms. The van der Waals surface area contributed by atoms with Gasteiger partial charge in [0.1, 0.15) is 0 Å². The second kappa shape index (κ2) is 11.2. The van der Waals surface area contributed by atoms with E-state index in [1.165, 1.54) is 18.2 Å². The summed E-state index contributed by atoms with van der Waals surface area (Å²) in [6.45, 7) is 2.77. The highest BCUT2D eigenvalue weighted by Crippen LogP contribution is 2.22. The Labute approximate surface area is 197 Å². The van der Waals surface area contributed by atoms with Gasteiger partial charge in [-0.05, 0) is 19.3 Å². The van der Waals surface area contributed by atoms with Gasteiger partial charge in [-0.1, -0.05) is 24.2 Å². The number of nitrogens with zero attached hydrogens (tertiary/aromatic N) is 5. The molecular weight excluding hydrogens is 466 g/mol. The Morgan fingerprint density at radius 2 is 2.15 bits per heavy atom. The Bertz CT molecular complexity index is 1150. The maximum atomic E-state index is 12.8. The molecule has 0 atom stereocenters. The minimum Gasteiger partial charge on any atom is -0.343 e. The van der Waals surface area contributed by atoms with Crippen molar-refractivity contribution in [2.75, 3.05) is 25.4 Å². The molecule has 1 saturated heterocycles. The van der Waals surface area contributed by atoms with Crippen molar-refractivity contribution < 1.29 is 27.5 Å². The molecular formula is C21H27N5O7S. The van der Waals surface area contributed by atoms with Gasteiger partial charge in [0, 0.05) is 56.6 Å². The molecule has 1 aliphatic heterocycles. The van der Waals surface area contributed by atoms with Crippen molar-refractivity contribution in [1.82, 2.24) is 19.3 Å². The molecule has 0 radical (unpaired) electrons. The second-order valence-corrected chi connectivity index (χ2v) is 9.95. The summed E-state index contributed by atoms with van der Waals surface area (Å²) in [6.07, 6.45) is 1.87. The van der Waals surface area contributed by atoms with Crippen molar-refractivity contribution in [3.8, 4) is 11.4 Å². The summed E-state index contributed by atoms with van der Waals surface area (Å²) in [7, 11) is -3.79. The van der Waals surface area contributed by atoms with E-state index in [4.69, 9.17) is 4.52 Å². The van der Waals surface area contributed by atoms with Gasteiger partial charge in [0.25, 0.3) is 5.69 Å². The molecule has 0 saturated carbocycles. The van der Waals surface area contributed by atoms with Crippen LogP contribution in [-0.2, 0) is 26.0 Å². The van der Waals surface area contributed by atoms with E-state index in [1.807, 2.05) is 0 Å². The number of carbonyl (C=O) groups is 2. The first-order chi connectivity index (χ1) is 16.2. The Kier molecular flexibility index (Phi) is 8.31. The van der Waals surface area contributed by atoms with E-state index in [2.05, 4.69) is 10.1 Å². The van der Waals surface area contributed by atoms with Crippen LogP contribution in [0.1, 0.15) is 44.9 Å². The van der Waals surface area contributed by atoms with Crippen molar-refractivity contribution in [3.63, 3.8) is 0 Å². The van der Waals surface area contributed by atoms with Crippen LogP contribution in [0.4, 0.5) is 5.69 Å². The molecule has 1 aromatic carbocycles. The summed E-state index contributed by atoms with van der Waals surface area (Å²) in [5, 5.41) is 14.8. The maximum Gasteiger partial charge on any atom is 0.270 e. The molecule has 2 heterocycles. The first-order valence-corrected chi connectivity index (χ1v) is 12.7. The van der Waals surface area contributed by atoms with Crippen molar-refractivity contribution in [1.29, 1.82) is 0 Å². The van der Waals surface area contributed by atoms with Gasteiger partial charge in [0.2, 0.25) is 33.6 Å². The van der Waals surface area contributed by atoms with Crippen molar-refractivity contribution in [2.45, 2.75) is 45.4 Å². The van der Waals surface area contributed by atoms with E-state index in [-0.39, 0.29) is 48.4 Å². The molecule has 1 aromatic heterocycles. The van der Waals surface area contributed by atoms with Gasteiger partial charge >= 0.3 is 0 Å². The van der Waals surface area contributed by atoms with Gasteiger partial charge in [-0.3, -0.25) is 19.7 Å². The number of nitro benzene ring substituents is 1. The Balaban J connectivity index is 1.63. The van der Waals surface area contributed by atoms with Crippen molar-refractivity contribution >= 4 is 27.5 Å². The quantitative estimate of drug-likeness (QED) is 0.319. The lowest BCUT2D eigenvalue weighted by Gasteiger charge is -2.23. The molecule has 3 rings (SSSR count). The summed E-state index contributed by atoms with van der Waals surface area (Å²) in [4.78, 5) is 40.9. The lowest BCUT2D eigenvalue weighted by molar-refractivity contribution is -0.384. The fraction of sp³-hybridized carbons (Fsp3) is 0.524. The summed E-state index contributed by atoms with van der Waals surface area (Å²) in [6, 6.07) is 5.74. The predicted octanol–water partition coefficient (Wildman–Crippen LogP) is 2.16. The number of aromatic nitrogens is 2. The number of likely N-dealkylation sites (tertiary alicyclic amines) is 1. The molecule has 184 valence electrons. The van der Waals surface area contributed by atoms with Gasteiger partial charge in [-0.2, -0.15) is 4.98 Å². The minimum atomic E-state index is -3.79. The van der Waals surface area contributed by atoms with Gasteiger partial charge in [0.15, 0.2) is 0 Å². The molecule has 0 bridgehead atoms. The maximum absolute atomic E-state index is 12.8. The van der Waals surface area contributed by atoms with Gasteiger partial charge in [-0.15, -0.1) is 0 Å². The third-order valence-electron chi connectivity index (χ3n) is 5.37. The number of amides is 2. The number of sulfonamides is 1. The van der Waals surface area contributed by atoms with E-state index in [9.17, 15) is 28.1 Å². The number of rotatable bonds is 12. The summed E-state index contributed by atoms with van der Waals surface area (Å²) in [5.41, 5.74) is 0.269. The highest BCUT2D eigenvalue weighted by molar-refractivity contribution is 7.89. The first-order valence-electron chi connectivity index (χ1n) is 11.1. The third-order valence-corrected chi connectivity index (χ3v) is 7.35. The summed E-state index contributed by atoms with van der Waals surface area (Å²) >= 11 is 0. The molecule has 34 heavy (non-hydrogen) atoms. The predicted molar refractivity (Wildman–Crippen MR) is 121 cm³/mol. The standard InChI is InChI=1S/C21H27N5O7S/c1-2-14-34(31,32)25(13-5-12-24-11-4-8-19(24)27)20(28)10-9-18-22-21(23-33-18)16-6-3-7-17(15-16)26(29)30/h3,6-7,15H,2,4-5,8-14H2,1H3.